The van der Waals surface area contributed by atoms with Gasteiger partial charge in [-0.15, -0.1) is 0 Å². The van der Waals surface area contributed by atoms with Gasteiger partial charge in [-0.25, -0.2) is 0 Å². The van der Waals surface area contributed by atoms with Crippen LogP contribution in [0.25, 0.3) is 0 Å². The summed E-state index contributed by atoms with van der Waals surface area (Å²) in [5, 5.41) is 3.21. The van der Waals surface area contributed by atoms with Crippen molar-refractivity contribution in [2.45, 2.75) is 13.7 Å². The van der Waals surface area contributed by atoms with Crippen molar-refractivity contribution in [1.82, 2.24) is 0 Å². The van der Waals surface area contributed by atoms with Crippen LogP contribution in [0.3, 0.4) is 0 Å². The Morgan fingerprint density at radius 2 is 0.903 bits per heavy atom. The molecule has 0 fully saturated rings. The van der Waals surface area contributed by atoms with Gasteiger partial charge in [0.1, 0.15) is 0 Å². The Kier molecular flexibility index (Phi) is 9.19. The predicted molar refractivity (Wildman–Crippen MR) is 131 cm³/mol. The third-order valence-electron chi connectivity index (χ3n) is 4.65. The summed E-state index contributed by atoms with van der Waals surface area (Å²) in [6.45, 7) is 0. The van der Waals surface area contributed by atoms with Crippen LogP contribution < -0.4 is 15.6 Å². The van der Waals surface area contributed by atoms with Gasteiger partial charge in [-0.2, -0.15) is 0 Å². The van der Waals surface area contributed by atoms with Crippen molar-refractivity contribution in [3.63, 3.8) is 0 Å². The molecule has 0 aromatic heterocycles. The van der Waals surface area contributed by atoms with E-state index in [0.29, 0.717) is 0 Å². The summed E-state index contributed by atoms with van der Waals surface area (Å²) in [7, 11) is -2.91. The summed E-state index contributed by atoms with van der Waals surface area (Å²) in [5.74, 6) is 0. The van der Waals surface area contributed by atoms with E-state index >= 15 is 0 Å². The number of rotatable bonds is 7. The predicted octanol–water partition coefficient (Wildman–Crippen LogP) is 5.71. The van der Waals surface area contributed by atoms with E-state index in [1.165, 1.54) is 0 Å². The molecule has 0 amide bonds. The van der Waals surface area contributed by atoms with Crippen LogP contribution in [-0.2, 0) is 24.7 Å². The number of hydrogen-bond donors (Lipinski definition) is 0. The molecule has 3 aromatic carbocycles. The minimum absolute atomic E-state index is 1.07. The van der Waals surface area contributed by atoms with E-state index in [9.17, 15) is 0 Å². The zero-order valence-electron chi connectivity index (χ0n) is 16.0. The van der Waals surface area contributed by atoms with Crippen LogP contribution in [0.1, 0.15) is 0 Å². The molecule has 3 rings (SSSR count). The van der Waals surface area contributed by atoms with E-state index in [2.05, 4.69) is 36.4 Å². The molecule has 0 unspecified atom stereocenters. The average Bonchev–Trinajstić information content (AvgIpc) is 2.74. The summed E-state index contributed by atoms with van der Waals surface area (Å²) >= 11 is 33.8. The van der Waals surface area contributed by atoms with Crippen molar-refractivity contribution in [3.05, 3.63) is 91.0 Å². The molecule has 0 radical (unpaired) electrons. The van der Waals surface area contributed by atoms with Gasteiger partial charge in [-0.1, -0.05) is 0 Å². The Morgan fingerprint density at radius 1 is 0.581 bits per heavy atom. The van der Waals surface area contributed by atoms with Crippen LogP contribution in [0.5, 0.6) is 0 Å². The molecule has 10 heteroatoms. The molecule has 0 N–H and O–H groups in total. The Balaban J connectivity index is 2.06. The molecular weight excluding hydrogens is 590 g/mol. The molecule has 0 spiro atoms. The quantitative estimate of drug-likeness (QED) is 0.195. The molecule has 0 heterocycles. The van der Waals surface area contributed by atoms with Crippen LogP contribution in [-0.4, -0.2) is 22.0 Å². The minimum atomic E-state index is -2.91. The van der Waals surface area contributed by atoms with E-state index in [-0.39, 0.29) is 0 Å². The monoisotopic (exact) mass is 602 g/mol. The SMILES string of the molecule is ClC(Cl)(Cl)C([O][Zn][O][Si](c1ccccc1)(c1ccccc1)c1ccccc1)C(Cl)(Cl)Cl. The Hall–Kier alpha value is 0.160. The third-order valence-corrected chi connectivity index (χ3v) is 14.3. The standard InChI is InChI=1S/C18H15OSi.C3HCl6O.Zn/c19-20(16-10-4-1-5-11-16,17-12-6-2-7-13-17)18-14-8-3-9-15-18;4-2(5,6)1(10)3(7,8)9;/h1-15H;1H;/q2*-1;+2. The van der Waals surface area contributed by atoms with Crippen molar-refractivity contribution >= 4 is 93.5 Å². The topological polar surface area (TPSA) is 18.5 Å². The van der Waals surface area contributed by atoms with Gasteiger partial charge in [0, 0.05) is 0 Å². The van der Waals surface area contributed by atoms with E-state index in [4.69, 9.17) is 76.4 Å². The van der Waals surface area contributed by atoms with Crippen LogP contribution in [0.4, 0.5) is 0 Å². The van der Waals surface area contributed by atoms with E-state index < -0.39 is 39.9 Å². The number of halogens is 6. The second kappa shape index (κ2) is 11.1. The van der Waals surface area contributed by atoms with E-state index in [1.54, 1.807) is 0 Å². The van der Waals surface area contributed by atoms with E-state index in [1.807, 2.05) is 54.6 Å². The summed E-state index contributed by atoms with van der Waals surface area (Å²) in [6.07, 6.45) is -1.26. The van der Waals surface area contributed by atoms with Gasteiger partial charge >= 0.3 is 223 Å². The molecule has 31 heavy (non-hydrogen) atoms. The molecule has 0 saturated heterocycles. The molecule has 2 nitrogen and oxygen atoms in total. The number of alkyl halides is 6. The molecule has 0 aliphatic heterocycles. The van der Waals surface area contributed by atoms with Gasteiger partial charge < -0.3 is 0 Å². The normalized spacial score (nSPS) is 12.6. The van der Waals surface area contributed by atoms with Gasteiger partial charge in [0.05, 0.1) is 0 Å². The van der Waals surface area contributed by atoms with Gasteiger partial charge in [0.25, 0.3) is 0 Å². The second-order valence-corrected chi connectivity index (χ2v) is 17.8. The fraction of sp³-hybridized carbons (Fsp3) is 0.143. The molecule has 0 atom stereocenters. The molecule has 0 aliphatic carbocycles. The van der Waals surface area contributed by atoms with Crippen molar-refractivity contribution in [3.8, 4) is 0 Å². The zero-order chi connectivity index (χ0) is 22.5. The van der Waals surface area contributed by atoms with Crippen LogP contribution in [0.15, 0.2) is 91.0 Å². The van der Waals surface area contributed by atoms with E-state index in [0.717, 1.165) is 15.6 Å². The summed E-state index contributed by atoms with van der Waals surface area (Å²) < 4.78 is 8.82. The number of hydrogen-bond acceptors (Lipinski definition) is 2. The van der Waals surface area contributed by atoms with Gasteiger partial charge in [-0.3, -0.25) is 0 Å². The fourth-order valence-electron chi connectivity index (χ4n) is 3.33. The first-order chi connectivity index (χ1) is 14.7. The van der Waals surface area contributed by atoms with Crippen LogP contribution in [0, 0.1) is 0 Å². The maximum absolute atomic E-state index is 6.76. The number of benzene rings is 3. The van der Waals surface area contributed by atoms with Crippen molar-refractivity contribution in [2.24, 2.45) is 0 Å². The van der Waals surface area contributed by atoms with Crippen molar-refractivity contribution in [2.75, 3.05) is 0 Å². The van der Waals surface area contributed by atoms with Crippen molar-refractivity contribution < 1.29 is 24.7 Å². The summed E-state index contributed by atoms with van der Waals surface area (Å²) in [6, 6.07) is 30.3. The first-order valence-corrected chi connectivity index (χ1v) is 15.8. The molecular formula is C21H16Cl6O2SiZn. The third kappa shape index (κ3) is 6.39. The Bertz CT molecular complexity index is 842. The average molecular weight is 607 g/mol. The van der Waals surface area contributed by atoms with Crippen LogP contribution in [0.2, 0.25) is 0 Å². The van der Waals surface area contributed by atoms with Crippen molar-refractivity contribution in [1.29, 1.82) is 0 Å². The van der Waals surface area contributed by atoms with Gasteiger partial charge in [0.15, 0.2) is 0 Å². The first kappa shape index (κ1) is 25.8. The zero-order valence-corrected chi connectivity index (χ0v) is 24.5. The molecule has 0 saturated carbocycles. The summed E-state index contributed by atoms with van der Waals surface area (Å²) in [4.78, 5) is 0. The van der Waals surface area contributed by atoms with Crippen LogP contribution >= 0.6 is 69.6 Å². The molecule has 3 aromatic rings. The molecule has 160 valence electrons. The molecule has 0 aliphatic rings. The Morgan fingerprint density at radius 3 is 1.19 bits per heavy atom. The maximum atomic E-state index is 6.76. The van der Waals surface area contributed by atoms with Gasteiger partial charge in [-0.05, 0) is 0 Å². The first-order valence-electron chi connectivity index (χ1n) is 9.21. The van der Waals surface area contributed by atoms with Gasteiger partial charge in [0.2, 0.25) is 0 Å². The second-order valence-electron chi connectivity index (χ2n) is 6.67. The molecule has 0 bridgehead atoms. The Labute approximate surface area is 221 Å². The fourth-order valence-corrected chi connectivity index (χ4v) is 16.3. The summed E-state index contributed by atoms with van der Waals surface area (Å²) in [5.41, 5.74) is 0.